The Morgan fingerprint density at radius 2 is 2.07 bits per heavy atom. The lowest BCUT2D eigenvalue weighted by atomic mass is 9.72. The van der Waals surface area contributed by atoms with E-state index in [1.165, 1.54) is 0 Å². The fourth-order valence-corrected chi connectivity index (χ4v) is 2.76. The smallest absolute Gasteiger partial charge is 0.0723 e. The number of rotatable bonds is 1. The van der Waals surface area contributed by atoms with E-state index in [0.29, 0.717) is 11.8 Å². The molecule has 80 valence electrons. The highest BCUT2D eigenvalue weighted by Crippen LogP contribution is 2.38. The Kier molecular flexibility index (Phi) is 2.91. The summed E-state index contributed by atoms with van der Waals surface area (Å²) in [6.07, 6.45) is 7.66. The van der Waals surface area contributed by atoms with Crippen molar-refractivity contribution in [2.24, 2.45) is 11.8 Å². The van der Waals surface area contributed by atoms with Gasteiger partial charge in [-0.2, -0.15) is 0 Å². The highest BCUT2D eigenvalue weighted by molar-refractivity contribution is 5.04. The highest BCUT2D eigenvalue weighted by Gasteiger charge is 2.31. The molecule has 3 nitrogen and oxygen atoms in total. The predicted octanol–water partition coefficient (Wildman–Crippen LogP) is 1.52. The number of fused-ring (bicyclic) bond motifs is 1. The van der Waals surface area contributed by atoms with Crippen molar-refractivity contribution >= 4 is 0 Å². The molecule has 0 aliphatic heterocycles. The summed E-state index contributed by atoms with van der Waals surface area (Å²) >= 11 is 0. The molecular formula is C11H18NO2-. The molecule has 0 bridgehead atoms. The summed E-state index contributed by atoms with van der Waals surface area (Å²) in [5.41, 5.74) is 0. The molecule has 4 unspecified atom stereocenters. The van der Waals surface area contributed by atoms with Crippen LogP contribution in [0.2, 0.25) is 0 Å². The number of hydroxylamine groups is 2. The van der Waals surface area contributed by atoms with Crippen molar-refractivity contribution in [2.45, 2.75) is 37.8 Å². The fourth-order valence-electron chi connectivity index (χ4n) is 2.76. The predicted molar refractivity (Wildman–Crippen MR) is 55.5 cm³/mol. The topological polar surface area (TPSA) is 46.5 Å². The van der Waals surface area contributed by atoms with E-state index in [2.05, 4.69) is 6.08 Å². The van der Waals surface area contributed by atoms with Gasteiger partial charge >= 0.3 is 0 Å². The van der Waals surface area contributed by atoms with Crippen LogP contribution in [0.1, 0.15) is 25.7 Å². The van der Waals surface area contributed by atoms with Gasteiger partial charge in [0.15, 0.2) is 0 Å². The molecule has 2 aliphatic rings. The second-order valence-corrected chi connectivity index (χ2v) is 4.62. The van der Waals surface area contributed by atoms with Gasteiger partial charge in [0, 0.05) is 0 Å². The minimum atomic E-state index is -0.252. The summed E-state index contributed by atoms with van der Waals surface area (Å²) in [6.45, 7) is 0. The lowest BCUT2D eigenvalue weighted by molar-refractivity contribution is 0.107. The summed E-state index contributed by atoms with van der Waals surface area (Å²) < 4.78 is 0. The Labute approximate surface area is 85.0 Å². The van der Waals surface area contributed by atoms with E-state index in [9.17, 15) is 10.3 Å². The van der Waals surface area contributed by atoms with Gasteiger partial charge in [-0.25, -0.2) is 0 Å². The van der Waals surface area contributed by atoms with E-state index < -0.39 is 0 Å². The van der Waals surface area contributed by atoms with Crippen molar-refractivity contribution in [3.63, 3.8) is 0 Å². The van der Waals surface area contributed by atoms with Gasteiger partial charge < -0.3 is 15.4 Å². The summed E-state index contributed by atoms with van der Waals surface area (Å²) in [7, 11) is 1.62. The van der Waals surface area contributed by atoms with Gasteiger partial charge in [-0.05, 0) is 50.6 Å². The van der Waals surface area contributed by atoms with Crippen LogP contribution in [0.25, 0.3) is 0 Å². The molecule has 0 radical (unpaired) electrons. The number of allylic oxidation sites excluding steroid dienone is 1. The molecule has 2 aliphatic carbocycles. The molecule has 2 rings (SSSR count). The lowest BCUT2D eigenvalue weighted by Crippen LogP contribution is -2.37. The maximum atomic E-state index is 11.2. The number of aliphatic hydroxyl groups excluding tert-OH is 1. The third-order valence-electron chi connectivity index (χ3n) is 3.66. The molecule has 0 aromatic rings. The molecule has 14 heavy (non-hydrogen) atoms. The van der Waals surface area contributed by atoms with Crippen molar-refractivity contribution in [3.05, 3.63) is 17.4 Å². The lowest BCUT2D eigenvalue weighted by Gasteiger charge is -2.43. The first-order chi connectivity index (χ1) is 6.66. The Bertz CT molecular complexity index is 227. The molecule has 1 saturated carbocycles. The van der Waals surface area contributed by atoms with Gasteiger partial charge in [-0.3, -0.25) is 0 Å². The zero-order valence-corrected chi connectivity index (χ0v) is 8.60. The van der Waals surface area contributed by atoms with Crippen LogP contribution in [0.4, 0.5) is 0 Å². The number of hydrogen-bond acceptors (Lipinski definition) is 3. The normalized spacial score (nSPS) is 42.6. The molecule has 4 atom stereocenters. The van der Waals surface area contributed by atoms with E-state index >= 15 is 0 Å². The van der Waals surface area contributed by atoms with Crippen LogP contribution in [-0.4, -0.2) is 29.4 Å². The van der Waals surface area contributed by atoms with E-state index in [-0.39, 0.29) is 12.1 Å². The summed E-state index contributed by atoms with van der Waals surface area (Å²) in [5.74, 6) is 1.12. The second-order valence-electron chi connectivity index (χ2n) is 4.62. The first-order valence-electron chi connectivity index (χ1n) is 5.43. The minimum Gasteiger partial charge on any atom is -0.785 e. The van der Waals surface area contributed by atoms with E-state index in [1.54, 1.807) is 7.05 Å². The third kappa shape index (κ3) is 2.00. The molecule has 0 amide bonds. The molecule has 0 heterocycles. The van der Waals surface area contributed by atoms with Crippen LogP contribution in [0, 0.1) is 17.0 Å². The van der Waals surface area contributed by atoms with Crippen LogP contribution in [0.5, 0.6) is 0 Å². The standard InChI is InChI=1S/C11H18NO2/c1-12(14)10-4-2-9-7-11(13)5-3-8(9)6-10/h3,5,8-11,13H,2,4,6-7H2,1H3/q-1. The molecule has 0 spiro atoms. The second kappa shape index (κ2) is 4.01. The van der Waals surface area contributed by atoms with Gasteiger partial charge in [-0.1, -0.05) is 12.2 Å². The van der Waals surface area contributed by atoms with Gasteiger partial charge in [-0.15, -0.1) is 0 Å². The molecule has 3 heteroatoms. The molecular weight excluding hydrogens is 178 g/mol. The average Bonchev–Trinajstić information content (AvgIpc) is 2.16. The quantitative estimate of drug-likeness (QED) is 0.511. The SMILES string of the molecule is CN([O-])C1CCC2CC(O)C=CC2C1. The van der Waals surface area contributed by atoms with Gasteiger partial charge in [0.05, 0.1) is 6.10 Å². The average molecular weight is 196 g/mol. The maximum absolute atomic E-state index is 11.2. The zero-order chi connectivity index (χ0) is 10.1. The molecule has 0 aromatic heterocycles. The van der Waals surface area contributed by atoms with Gasteiger partial charge in [0.2, 0.25) is 0 Å². The largest absolute Gasteiger partial charge is 0.785 e. The number of hydrogen-bond donors (Lipinski definition) is 1. The number of nitrogens with zero attached hydrogens (tertiary/aromatic N) is 1. The fraction of sp³-hybridized carbons (Fsp3) is 0.818. The third-order valence-corrected chi connectivity index (χ3v) is 3.66. The molecule has 1 fully saturated rings. The van der Waals surface area contributed by atoms with Crippen LogP contribution < -0.4 is 0 Å². The van der Waals surface area contributed by atoms with Crippen LogP contribution in [0.3, 0.4) is 0 Å². The van der Waals surface area contributed by atoms with Crippen molar-refractivity contribution < 1.29 is 5.11 Å². The summed E-state index contributed by atoms with van der Waals surface area (Å²) in [6, 6.07) is 0.191. The van der Waals surface area contributed by atoms with Gasteiger partial charge in [0.1, 0.15) is 0 Å². The Balaban J connectivity index is 1.99. The number of aliphatic hydroxyl groups is 1. The Hall–Kier alpha value is -0.380. The van der Waals surface area contributed by atoms with Crippen molar-refractivity contribution in [3.8, 4) is 0 Å². The van der Waals surface area contributed by atoms with E-state index in [4.69, 9.17) is 0 Å². The summed E-state index contributed by atoms with van der Waals surface area (Å²) in [4.78, 5) is 0. The highest BCUT2D eigenvalue weighted by atomic mass is 16.5. The van der Waals surface area contributed by atoms with E-state index in [1.807, 2.05) is 6.08 Å². The first-order valence-corrected chi connectivity index (χ1v) is 5.43. The maximum Gasteiger partial charge on any atom is 0.0723 e. The Morgan fingerprint density at radius 3 is 2.79 bits per heavy atom. The van der Waals surface area contributed by atoms with E-state index in [0.717, 1.165) is 30.7 Å². The van der Waals surface area contributed by atoms with Crippen LogP contribution >= 0.6 is 0 Å². The Morgan fingerprint density at radius 1 is 1.29 bits per heavy atom. The van der Waals surface area contributed by atoms with Crippen LogP contribution in [0.15, 0.2) is 12.2 Å². The van der Waals surface area contributed by atoms with Crippen molar-refractivity contribution in [1.82, 2.24) is 5.06 Å². The summed E-state index contributed by atoms with van der Waals surface area (Å²) in [5, 5.41) is 21.7. The van der Waals surface area contributed by atoms with Crippen LogP contribution in [-0.2, 0) is 0 Å². The van der Waals surface area contributed by atoms with Gasteiger partial charge in [0.25, 0.3) is 0 Å². The monoisotopic (exact) mass is 196 g/mol. The van der Waals surface area contributed by atoms with Crippen molar-refractivity contribution in [1.29, 1.82) is 0 Å². The minimum absolute atomic E-state index is 0.191. The molecule has 0 aromatic carbocycles. The first kappa shape index (κ1) is 10.1. The molecule has 1 N–H and O–H groups in total. The zero-order valence-electron chi connectivity index (χ0n) is 8.60. The molecule has 0 saturated heterocycles. The van der Waals surface area contributed by atoms with Crippen molar-refractivity contribution in [2.75, 3.05) is 7.05 Å².